The number of hydrogen-bond acceptors (Lipinski definition) is 2. The van der Waals surface area contributed by atoms with Crippen LogP contribution >= 0.6 is 0 Å². The second-order valence-corrected chi connectivity index (χ2v) is 4.97. The summed E-state index contributed by atoms with van der Waals surface area (Å²) in [4.78, 5) is 23.0. The van der Waals surface area contributed by atoms with Crippen molar-refractivity contribution in [1.82, 2.24) is 5.32 Å². The molecule has 0 aromatic heterocycles. The molecule has 1 aliphatic carbocycles. The van der Waals surface area contributed by atoms with Crippen LogP contribution in [-0.4, -0.2) is 17.9 Å². The molecule has 100 valence electrons. The van der Waals surface area contributed by atoms with E-state index in [1.807, 2.05) is 0 Å². The van der Waals surface area contributed by atoms with E-state index in [1.54, 1.807) is 0 Å². The number of carbonyl (C=O) groups is 2. The third-order valence-electron chi connectivity index (χ3n) is 3.44. The largest absolute Gasteiger partial charge is 0.368 e. The third kappa shape index (κ3) is 5.22. The lowest BCUT2D eigenvalue weighted by Gasteiger charge is -2.16. The fourth-order valence-electron chi connectivity index (χ4n) is 2.42. The predicted molar refractivity (Wildman–Crippen MR) is 70.4 cm³/mol. The summed E-state index contributed by atoms with van der Waals surface area (Å²) in [7, 11) is 0. The molecule has 1 saturated carbocycles. The first kappa shape index (κ1) is 14.6. The molecule has 0 radical (unpaired) electrons. The summed E-state index contributed by atoms with van der Waals surface area (Å²) in [5.74, 6) is 2.44. The van der Waals surface area contributed by atoms with Gasteiger partial charge in [0.05, 0.1) is 0 Å². The topological polar surface area (TPSA) is 72.2 Å². The van der Waals surface area contributed by atoms with Crippen LogP contribution in [0.5, 0.6) is 0 Å². The molecule has 18 heavy (non-hydrogen) atoms. The highest BCUT2D eigenvalue weighted by molar-refractivity contribution is 5.86. The first-order valence-electron chi connectivity index (χ1n) is 6.65. The van der Waals surface area contributed by atoms with E-state index in [4.69, 9.17) is 12.2 Å². The average molecular weight is 250 g/mol. The highest BCUT2D eigenvalue weighted by atomic mass is 16.2. The fraction of sp³-hybridized carbons (Fsp3) is 0.714. The van der Waals surface area contributed by atoms with Crippen molar-refractivity contribution in [3.63, 3.8) is 0 Å². The number of primary amides is 1. The Bertz CT molecular complexity index is 327. The summed E-state index contributed by atoms with van der Waals surface area (Å²) < 4.78 is 0. The maximum atomic E-state index is 11.8. The van der Waals surface area contributed by atoms with Gasteiger partial charge in [-0.25, -0.2) is 0 Å². The molecule has 3 N–H and O–H groups in total. The summed E-state index contributed by atoms with van der Waals surface area (Å²) in [6.45, 7) is 0. The van der Waals surface area contributed by atoms with Crippen molar-refractivity contribution in [2.75, 3.05) is 0 Å². The SMILES string of the molecule is C#CCCC[C@@H](NC(=O)CC1CCCC1)C(N)=O. The molecular formula is C14H22N2O2. The summed E-state index contributed by atoms with van der Waals surface area (Å²) in [6.07, 6.45) is 12.1. The van der Waals surface area contributed by atoms with Crippen molar-refractivity contribution < 1.29 is 9.59 Å². The molecule has 1 fully saturated rings. The second kappa shape index (κ2) is 7.75. The highest BCUT2D eigenvalue weighted by Gasteiger charge is 2.22. The first-order valence-corrected chi connectivity index (χ1v) is 6.65. The minimum atomic E-state index is -0.577. The number of amides is 2. The Balaban J connectivity index is 2.32. The molecular weight excluding hydrogens is 228 g/mol. The van der Waals surface area contributed by atoms with Gasteiger partial charge >= 0.3 is 0 Å². The first-order chi connectivity index (χ1) is 8.63. The summed E-state index contributed by atoms with van der Waals surface area (Å²) in [6, 6.07) is -0.577. The number of carbonyl (C=O) groups excluding carboxylic acids is 2. The molecule has 1 rings (SSSR count). The maximum Gasteiger partial charge on any atom is 0.240 e. The molecule has 0 heterocycles. The van der Waals surface area contributed by atoms with E-state index in [1.165, 1.54) is 12.8 Å². The van der Waals surface area contributed by atoms with Gasteiger partial charge < -0.3 is 11.1 Å². The fourth-order valence-corrected chi connectivity index (χ4v) is 2.42. The van der Waals surface area contributed by atoms with Crippen LogP contribution in [0.15, 0.2) is 0 Å². The van der Waals surface area contributed by atoms with Crippen molar-refractivity contribution in [2.24, 2.45) is 11.7 Å². The monoisotopic (exact) mass is 250 g/mol. The van der Waals surface area contributed by atoms with E-state index in [0.29, 0.717) is 31.6 Å². The molecule has 1 atom stereocenters. The van der Waals surface area contributed by atoms with Gasteiger partial charge in [-0.15, -0.1) is 12.3 Å². The van der Waals surface area contributed by atoms with Crippen molar-refractivity contribution in [3.05, 3.63) is 0 Å². The van der Waals surface area contributed by atoms with Crippen LogP contribution in [0.4, 0.5) is 0 Å². The normalized spacial score (nSPS) is 17.1. The zero-order chi connectivity index (χ0) is 13.4. The summed E-state index contributed by atoms with van der Waals surface area (Å²) in [5.41, 5.74) is 5.27. The molecule has 0 unspecified atom stereocenters. The lowest BCUT2D eigenvalue weighted by molar-refractivity contribution is -0.128. The molecule has 0 aromatic carbocycles. The molecule has 2 amide bonds. The molecule has 0 bridgehead atoms. The van der Waals surface area contributed by atoms with Crippen molar-refractivity contribution in [1.29, 1.82) is 0 Å². The maximum absolute atomic E-state index is 11.8. The standard InChI is InChI=1S/C14H22N2O2/c1-2-3-4-9-12(14(15)18)16-13(17)10-11-7-5-6-8-11/h1,11-12H,3-10H2,(H2,15,18)(H,16,17)/t12-/m1/s1. The molecule has 4 heteroatoms. The van der Waals surface area contributed by atoms with Gasteiger partial charge in [-0.2, -0.15) is 0 Å². The van der Waals surface area contributed by atoms with Gasteiger partial charge in [0, 0.05) is 12.8 Å². The van der Waals surface area contributed by atoms with E-state index in [0.717, 1.165) is 12.8 Å². The number of hydrogen-bond donors (Lipinski definition) is 2. The molecule has 0 aromatic rings. The highest BCUT2D eigenvalue weighted by Crippen LogP contribution is 2.27. The molecule has 1 aliphatic rings. The van der Waals surface area contributed by atoms with Crippen LogP contribution in [-0.2, 0) is 9.59 Å². The van der Waals surface area contributed by atoms with Gasteiger partial charge in [0.25, 0.3) is 0 Å². The summed E-state index contributed by atoms with van der Waals surface area (Å²) >= 11 is 0. The van der Waals surface area contributed by atoms with Crippen molar-refractivity contribution in [3.8, 4) is 12.3 Å². The lowest BCUT2D eigenvalue weighted by Crippen LogP contribution is -2.44. The minimum absolute atomic E-state index is 0.0635. The smallest absolute Gasteiger partial charge is 0.240 e. The molecule has 0 spiro atoms. The Labute approximate surface area is 109 Å². The molecule has 0 aliphatic heterocycles. The van der Waals surface area contributed by atoms with Gasteiger partial charge in [-0.3, -0.25) is 9.59 Å². The molecule has 0 saturated heterocycles. The van der Waals surface area contributed by atoms with Crippen molar-refractivity contribution >= 4 is 11.8 Å². The van der Waals surface area contributed by atoms with Gasteiger partial charge in [-0.1, -0.05) is 12.8 Å². The Kier molecular flexibility index (Phi) is 6.27. The van der Waals surface area contributed by atoms with E-state index in [-0.39, 0.29) is 5.91 Å². The van der Waals surface area contributed by atoms with Crippen LogP contribution in [0.1, 0.15) is 51.4 Å². The quantitative estimate of drug-likeness (QED) is 0.528. The lowest BCUT2D eigenvalue weighted by atomic mass is 10.0. The predicted octanol–water partition coefficient (Wildman–Crippen LogP) is 1.34. The van der Waals surface area contributed by atoms with E-state index in [9.17, 15) is 9.59 Å². The van der Waals surface area contributed by atoms with Crippen LogP contribution in [0.25, 0.3) is 0 Å². The van der Waals surface area contributed by atoms with Crippen LogP contribution in [0.2, 0.25) is 0 Å². The number of nitrogens with two attached hydrogens (primary N) is 1. The summed E-state index contributed by atoms with van der Waals surface area (Å²) in [5, 5.41) is 2.72. The second-order valence-electron chi connectivity index (χ2n) is 4.97. The van der Waals surface area contributed by atoms with E-state index < -0.39 is 11.9 Å². The van der Waals surface area contributed by atoms with Gasteiger partial charge in [0.15, 0.2) is 0 Å². The van der Waals surface area contributed by atoms with E-state index in [2.05, 4.69) is 11.2 Å². The third-order valence-corrected chi connectivity index (χ3v) is 3.44. The van der Waals surface area contributed by atoms with Crippen LogP contribution in [0, 0.1) is 18.3 Å². The number of unbranched alkanes of at least 4 members (excludes halogenated alkanes) is 1. The van der Waals surface area contributed by atoms with Crippen LogP contribution < -0.4 is 11.1 Å². The van der Waals surface area contributed by atoms with Gasteiger partial charge in [0.1, 0.15) is 6.04 Å². The van der Waals surface area contributed by atoms with Gasteiger partial charge in [0.2, 0.25) is 11.8 Å². The average Bonchev–Trinajstić information content (AvgIpc) is 2.80. The number of nitrogens with one attached hydrogen (secondary N) is 1. The molecule has 4 nitrogen and oxygen atoms in total. The Morgan fingerprint density at radius 1 is 1.39 bits per heavy atom. The number of rotatable bonds is 7. The zero-order valence-corrected chi connectivity index (χ0v) is 10.8. The number of terminal acetylenes is 1. The van der Waals surface area contributed by atoms with Crippen LogP contribution in [0.3, 0.4) is 0 Å². The Morgan fingerprint density at radius 2 is 2.06 bits per heavy atom. The Morgan fingerprint density at radius 3 is 2.61 bits per heavy atom. The van der Waals surface area contributed by atoms with E-state index >= 15 is 0 Å². The van der Waals surface area contributed by atoms with Gasteiger partial charge in [-0.05, 0) is 31.6 Å². The Hall–Kier alpha value is -1.50. The van der Waals surface area contributed by atoms with Crippen molar-refractivity contribution in [2.45, 2.75) is 57.4 Å². The zero-order valence-electron chi connectivity index (χ0n) is 10.8. The minimum Gasteiger partial charge on any atom is -0.368 e.